The summed E-state index contributed by atoms with van der Waals surface area (Å²) in [5.74, 6) is 1.97. The predicted molar refractivity (Wildman–Crippen MR) is 236 cm³/mol. The summed E-state index contributed by atoms with van der Waals surface area (Å²) < 4.78 is 2.47. The first-order valence-corrected chi connectivity index (χ1v) is 20.8. The smallest absolute Gasteiger partial charge is 0.164 e. The van der Waals surface area contributed by atoms with Gasteiger partial charge in [0.15, 0.2) is 17.5 Å². The van der Waals surface area contributed by atoms with Crippen molar-refractivity contribution < 1.29 is 0 Å². The highest BCUT2D eigenvalue weighted by Gasteiger charge is 2.50. The van der Waals surface area contributed by atoms with Gasteiger partial charge >= 0.3 is 0 Å². The molecule has 0 radical (unpaired) electrons. The van der Waals surface area contributed by atoms with E-state index in [-0.39, 0.29) is 0 Å². The number of thiophene rings is 1. The van der Waals surface area contributed by atoms with E-state index in [1.807, 2.05) is 47.4 Å². The van der Waals surface area contributed by atoms with Crippen LogP contribution in [0.2, 0.25) is 0 Å². The molecule has 0 atom stereocenters. The molecule has 0 N–H and O–H groups in total. The van der Waals surface area contributed by atoms with Gasteiger partial charge in [0.05, 0.1) is 5.41 Å². The van der Waals surface area contributed by atoms with Gasteiger partial charge in [-0.15, -0.1) is 11.3 Å². The molecule has 266 valence electrons. The summed E-state index contributed by atoms with van der Waals surface area (Å²) >= 11 is 3.74. The second kappa shape index (κ2) is 12.7. The number of fused-ring (bicyclic) bond motifs is 13. The van der Waals surface area contributed by atoms with Gasteiger partial charge in [-0.1, -0.05) is 176 Å². The quantitative estimate of drug-likeness (QED) is 0.179. The highest BCUT2D eigenvalue weighted by atomic mass is 32.2. The Hall–Kier alpha value is -6.66. The molecule has 0 bridgehead atoms. The number of rotatable bonds is 4. The standard InChI is InChI=1S/C52H31N3S2/c1-3-15-32(16-4-1)34-19-13-20-35(31-34)50-53-49(33-17-5-2-6-18-33)54-51(55-50)38-23-14-28-44-46(38)47-45(56-44)30-29-42-48(47)57-43-27-12-11-26-41(43)52(42)39-24-9-7-21-36(39)37-22-8-10-25-40(37)52/h1-31H. The minimum atomic E-state index is -0.452. The molecular weight excluding hydrogens is 731 g/mol. The Bertz CT molecular complexity index is 3180. The van der Waals surface area contributed by atoms with Crippen LogP contribution in [-0.2, 0) is 5.41 Å². The van der Waals surface area contributed by atoms with Gasteiger partial charge in [-0.25, -0.2) is 15.0 Å². The van der Waals surface area contributed by atoms with Crippen molar-refractivity contribution in [3.63, 3.8) is 0 Å². The molecule has 2 aliphatic rings. The van der Waals surface area contributed by atoms with E-state index in [2.05, 4.69) is 164 Å². The minimum Gasteiger partial charge on any atom is -0.208 e. The van der Waals surface area contributed by atoms with Crippen molar-refractivity contribution in [2.24, 2.45) is 0 Å². The molecule has 0 saturated carbocycles. The average Bonchev–Trinajstić information content (AvgIpc) is 3.82. The molecule has 0 amide bonds. The van der Waals surface area contributed by atoms with Crippen LogP contribution in [0.15, 0.2) is 198 Å². The van der Waals surface area contributed by atoms with Crippen LogP contribution in [0, 0.1) is 0 Å². The van der Waals surface area contributed by atoms with E-state index in [0.717, 1.165) is 27.8 Å². The predicted octanol–water partition coefficient (Wildman–Crippen LogP) is 13.7. The number of nitrogens with zero attached hydrogens (tertiary/aromatic N) is 3. The summed E-state index contributed by atoms with van der Waals surface area (Å²) in [6, 6.07) is 67.6. The topological polar surface area (TPSA) is 38.7 Å². The molecule has 0 fully saturated rings. The lowest BCUT2D eigenvalue weighted by Crippen LogP contribution is -2.31. The van der Waals surface area contributed by atoms with Gasteiger partial charge in [-0.05, 0) is 68.8 Å². The van der Waals surface area contributed by atoms with Gasteiger partial charge in [-0.2, -0.15) is 0 Å². The Labute approximate surface area is 338 Å². The normalized spacial score (nSPS) is 13.3. The Morgan fingerprint density at radius 1 is 0.351 bits per heavy atom. The Morgan fingerprint density at radius 3 is 1.65 bits per heavy atom. The van der Waals surface area contributed by atoms with E-state index >= 15 is 0 Å². The maximum atomic E-state index is 5.32. The third-order valence-electron chi connectivity index (χ3n) is 11.6. The molecule has 8 aromatic carbocycles. The largest absolute Gasteiger partial charge is 0.208 e. The fourth-order valence-corrected chi connectivity index (χ4v) is 11.8. The zero-order chi connectivity index (χ0) is 37.5. The third-order valence-corrected chi connectivity index (χ3v) is 13.9. The van der Waals surface area contributed by atoms with Crippen molar-refractivity contribution in [2.45, 2.75) is 15.2 Å². The van der Waals surface area contributed by atoms with Crippen LogP contribution in [0.25, 0.3) is 76.6 Å². The first-order valence-electron chi connectivity index (χ1n) is 19.2. The highest BCUT2D eigenvalue weighted by Crippen LogP contribution is 2.63. The maximum Gasteiger partial charge on any atom is 0.164 e. The van der Waals surface area contributed by atoms with Crippen LogP contribution >= 0.6 is 23.1 Å². The van der Waals surface area contributed by atoms with Gasteiger partial charge in [0.25, 0.3) is 0 Å². The SMILES string of the molecule is c1ccc(-c2cccc(-c3nc(-c4ccccc4)nc(-c4cccc5sc6ccc7c(c6c45)Sc4ccccc4C74c5ccccc5-c5ccccc54)n3)c2)cc1. The van der Waals surface area contributed by atoms with Gasteiger partial charge in [-0.3, -0.25) is 0 Å². The highest BCUT2D eigenvalue weighted by molar-refractivity contribution is 7.99. The van der Waals surface area contributed by atoms with E-state index in [1.54, 1.807) is 0 Å². The molecule has 0 saturated heterocycles. The first kappa shape index (κ1) is 32.6. The van der Waals surface area contributed by atoms with Crippen molar-refractivity contribution in [3.8, 4) is 56.4 Å². The second-order valence-corrected chi connectivity index (χ2v) is 16.8. The molecule has 1 spiro atoms. The van der Waals surface area contributed by atoms with Crippen LogP contribution in [-0.4, -0.2) is 15.0 Å². The third kappa shape index (κ3) is 4.83. The van der Waals surface area contributed by atoms with Gasteiger partial charge < -0.3 is 0 Å². The Morgan fingerprint density at radius 2 is 0.895 bits per heavy atom. The molecule has 5 heteroatoms. The fraction of sp³-hybridized carbons (Fsp3) is 0.0192. The average molecular weight is 762 g/mol. The van der Waals surface area contributed by atoms with Crippen molar-refractivity contribution >= 4 is 43.3 Å². The first-order chi connectivity index (χ1) is 28.3. The molecule has 10 aromatic rings. The Balaban J connectivity index is 1.14. The molecule has 3 nitrogen and oxygen atoms in total. The van der Waals surface area contributed by atoms with E-state index < -0.39 is 5.41 Å². The van der Waals surface area contributed by atoms with Crippen molar-refractivity contribution in [3.05, 3.63) is 210 Å². The molecule has 12 rings (SSSR count). The zero-order valence-corrected chi connectivity index (χ0v) is 32.2. The van der Waals surface area contributed by atoms with Crippen LogP contribution in [0.1, 0.15) is 22.3 Å². The number of benzene rings is 8. The minimum absolute atomic E-state index is 0.452. The summed E-state index contributed by atoms with van der Waals surface area (Å²) in [4.78, 5) is 18.3. The number of hydrogen-bond acceptors (Lipinski definition) is 5. The van der Waals surface area contributed by atoms with E-state index in [9.17, 15) is 0 Å². The van der Waals surface area contributed by atoms with Crippen molar-refractivity contribution in [1.29, 1.82) is 0 Å². The van der Waals surface area contributed by atoms with E-state index in [4.69, 9.17) is 15.0 Å². The van der Waals surface area contributed by atoms with Crippen LogP contribution < -0.4 is 0 Å². The number of hydrogen-bond donors (Lipinski definition) is 0. The number of aromatic nitrogens is 3. The summed E-state index contributed by atoms with van der Waals surface area (Å²) in [5, 5.41) is 2.45. The lowest BCUT2D eigenvalue weighted by Gasteiger charge is -2.40. The van der Waals surface area contributed by atoms with E-state index in [1.165, 1.54) is 63.3 Å². The molecule has 0 unspecified atom stereocenters. The molecular formula is C52H31N3S2. The molecule has 1 aliphatic heterocycles. The lowest BCUT2D eigenvalue weighted by molar-refractivity contribution is 0.726. The van der Waals surface area contributed by atoms with Crippen LogP contribution in [0.4, 0.5) is 0 Å². The van der Waals surface area contributed by atoms with Crippen LogP contribution in [0.3, 0.4) is 0 Å². The summed E-state index contributed by atoms with van der Waals surface area (Å²) in [6.45, 7) is 0. The van der Waals surface area contributed by atoms with Gasteiger partial charge in [0.2, 0.25) is 0 Å². The van der Waals surface area contributed by atoms with Crippen molar-refractivity contribution in [1.82, 2.24) is 15.0 Å². The fourth-order valence-electron chi connectivity index (χ4n) is 9.21. The lowest BCUT2D eigenvalue weighted by atomic mass is 9.67. The van der Waals surface area contributed by atoms with Crippen molar-refractivity contribution in [2.75, 3.05) is 0 Å². The zero-order valence-electron chi connectivity index (χ0n) is 30.6. The van der Waals surface area contributed by atoms with Gasteiger partial charge in [0.1, 0.15) is 0 Å². The van der Waals surface area contributed by atoms with Gasteiger partial charge in [0, 0.05) is 46.7 Å². The second-order valence-electron chi connectivity index (χ2n) is 14.7. The molecule has 3 heterocycles. The summed E-state index contributed by atoms with van der Waals surface area (Å²) in [6.07, 6.45) is 0. The summed E-state index contributed by atoms with van der Waals surface area (Å²) in [7, 11) is 0. The maximum absolute atomic E-state index is 5.32. The summed E-state index contributed by atoms with van der Waals surface area (Å²) in [5.41, 5.74) is 12.7. The Kier molecular flexibility index (Phi) is 7.25. The molecule has 2 aromatic heterocycles. The monoisotopic (exact) mass is 761 g/mol. The molecule has 1 aliphatic carbocycles. The van der Waals surface area contributed by atoms with E-state index in [0.29, 0.717) is 17.5 Å². The molecule has 57 heavy (non-hydrogen) atoms. The van der Waals surface area contributed by atoms with Crippen LogP contribution in [0.5, 0.6) is 0 Å².